The summed E-state index contributed by atoms with van der Waals surface area (Å²) in [4.78, 5) is 34.6. The van der Waals surface area contributed by atoms with Crippen molar-refractivity contribution in [1.82, 2.24) is 0 Å². The van der Waals surface area contributed by atoms with E-state index in [4.69, 9.17) is 19.4 Å². The number of phenolic OH excluding ortho intramolecular Hbond substituents is 1. The molecular formula is C18H16O9. The number of carboxylic acids is 2. The fraction of sp³-hybridized carbons (Fsp3) is 0.278. The molecule has 3 rings (SSSR count). The Morgan fingerprint density at radius 1 is 1.26 bits per heavy atom. The number of carbonyl (C=O) groups is 2. The minimum absolute atomic E-state index is 0.00414. The highest BCUT2D eigenvalue weighted by molar-refractivity contribution is 6.16. The highest BCUT2D eigenvalue weighted by atomic mass is 16.5. The average molecular weight is 376 g/mol. The summed E-state index contributed by atoms with van der Waals surface area (Å²) in [5.41, 5.74) is -0.910. The molecule has 9 nitrogen and oxygen atoms in total. The van der Waals surface area contributed by atoms with Crippen LogP contribution in [-0.2, 0) is 22.4 Å². The summed E-state index contributed by atoms with van der Waals surface area (Å²) >= 11 is 0. The predicted octanol–water partition coefficient (Wildman–Crippen LogP) is 0.909. The quantitative estimate of drug-likeness (QED) is 0.264. The first-order valence-electron chi connectivity index (χ1n) is 7.99. The zero-order valence-corrected chi connectivity index (χ0v) is 14.2. The Kier molecular flexibility index (Phi) is 4.63. The molecule has 0 aliphatic heterocycles. The van der Waals surface area contributed by atoms with E-state index in [1.807, 2.05) is 0 Å². The number of hydrogen-bond acceptors (Lipinski definition) is 7. The first-order chi connectivity index (χ1) is 12.7. The molecule has 1 aromatic carbocycles. The van der Waals surface area contributed by atoms with Crippen molar-refractivity contribution in [1.29, 1.82) is 0 Å². The molecule has 0 saturated carbocycles. The normalized spacial score (nSPS) is 15.9. The Labute approximate surface area is 151 Å². The lowest BCUT2D eigenvalue weighted by molar-refractivity contribution is -0.140. The number of aliphatic hydroxyl groups excluding tert-OH is 1. The molecule has 1 aliphatic rings. The second-order valence-electron chi connectivity index (χ2n) is 6.14. The van der Waals surface area contributed by atoms with Gasteiger partial charge in [0.1, 0.15) is 5.57 Å². The van der Waals surface area contributed by atoms with Gasteiger partial charge >= 0.3 is 17.6 Å². The lowest BCUT2D eigenvalue weighted by Crippen LogP contribution is -2.25. The molecule has 0 spiro atoms. The summed E-state index contributed by atoms with van der Waals surface area (Å²) in [5, 5.41) is 38.7. The van der Waals surface area contributed by atoms with Crippen molar-refractivity contribution in [3.8, 4) is 11.5 Å². The number of phenols is 1. The number of carboxylic acid groups (broad SMARTS) is 2. The summed E-state index contributed by atoms with van der Waals surface area (Å²) in [5.74, 6) is -4.08. The lowest BCUT2D eigenvalue weighted by atomic mass is 9.88. The largest absolute Gasteiger partial charge is 0.502 e. The number of aromatic hydroxyl groups is 1. The maximum Gasteiger partial charge on any atom is 0.343 e. The Balaban J connectivity index is 2.37. The van der Waals surface area contributed by atoms with E-state index in [0.29, 0.717) is 23.8 Å². The van der Waals surface area contributed by atoms with E-state index >= 15 is 0 Å². The van der Waals surface area contributed by atoms with Gasteiger partial charge in [-0.2, -0.15) is 0 Å². The van der Waals surface area contributed by atoms with Crippen LogP contribution < -0.4 is 10.4 Å². The molecule has 1 aromatic heterocycles. The van der Waals surface area contributed by atoms with Gasteiger partial charge < -0.3 is 29.6 Å². The van der Waals surface area contributed by atoms with Crippen molar-refractivity contribution in [3.63, 3.8) is 0 Å². The van der Waals surface area contributed by atoms with E-state index < -0.39 is 35.0 Å². The topological polar surface area (TPSA) is 154 Å². The molecule has 0 bridgehead atoms. The van der Waals surface area contributed by atoms with Crippen molar-refractivity contribution in [3.05, 3.63) is 38.7 Å². The van der Waals surface area contributed by atoms with Gasteiger partial charge in [0.2, 0.25) is 5.75 Å². The van der Waals surface area contributed by atoms with Crippen LogP contribution in [0.15, 0.2) is 20.9 Å². The van der Waals surface area contributed by atoms with Gasteiger partial charge in [0.25, 0.3) is 0 Å². The van der Waals surface area contributed by atoms with Crippen LogP contribution in [0.2, 0.25) is 0 Å². The Bertz CT molecular complexity index is 1030. The van der Waals surface area contributed by atoms with Crippen molar-refractivity contribution in [2.24, 2.45) is 0 Å². The minimum Gasteiger partial charge on any atom is -0.502 e. The highest BCUT2D eigenvalue weighted by Gasteiger charge is 2.27. The maximum absolute atomic E-state index is 12.2. The average Bonchev–Trinajstić information content (AvgIpc) is 2.60. The van der Waals surface area contributed by atoms with E-state index in [0.717, 1.165) is 6.08 Å². The molecule has 0 fully saturated rings. The fourth-order valence-electron chi connectivity index (χ4n) is 3.25. The number of benzene rings is 1. The minimum atomic E-state index is -1.66. The number of aryl methyl sites for hydroxylation is 1. The SMILES string of the molecule is COc1c(C=C(C(=O)O)C(=O)O)cc2c3c(c(=O)oc2c1O)CC(O)CC3. The van der Waals surface area contributed by atoms with Gasteiger partial charge in [-0.1, -0.05) is 0 Å². The molecule has 0 saturated heterocycles. The fourth-order valence-corrected chi connectivity index (χ4v) is 3.25. The van der Waals surface area contributed by atoms with Gasteiger partial charge in [-0.25, -0.2) is 14.4 Å². The van der Waals surface area contributed by atoms with Crippen LogP contribution in [0.3, 0.4) is 0 Å². The van der Waals surface area contributed by atoms with E-state index in [2.05, 4.69) is 0 Å². The summed E-state index contributed by atoms with van der Waals surface area (Å²) in [6.45, 7) is 0. The summed E-state index contributed by atoms with van der Waals surface area (Å²) in [6.07, 6.45) is 1.02. The molecule has 142 valence electrons. The molecule has 0 amide bonds. The van der Waals surface area contributed by atoms with Crippen LogP contribution in [0.25, 0.3) is 17.0 Å². The number of rotatable bonds is 4. The van der Waals surface area contributed by atoms with Crippen molar-refractivity contribution < 1.29 is 39.2 Å². The van der Waals surface area contributed by atoms with Crippen LogP contribution in [0, 0.1) is 0 Å². The van der Waals surface area contributed by atoms with Crippen molar-refractivity contribution in [2.45, 2.75) is 25.4 Å². The smallest absolute Gasteiger partial charge is 0.343 e. The third-order valence-electron chi connectivity index (χ3n) is 4.50. The van der Waals surface area contributed by atoms with Crippen LogP contribution in [0.1, 0.15) is 23.1 Å². The second-order valence-corrected chi connectivity index (χ2v) is 6.14. The van der Waals surface area contributed by atoms with E-state index in [1.165, 1.54) is 13.2 Å². The first kappa shape index (κ1) is 18.5. The van der Waals surface area contributed by atoms with Crippen LogP contribution >= 0.6 is 0 Å². The van der Waals surface area contributed by atoms with Crippen LogP contribution in [-0.4, -0.2) is 45.6 Å². The number of ether oxygens (including phenoxy) is 1. The molecule has 27 heavy (non-hydrogen) atoms. The molecule has 1 aliphatic carbocycles. The monoisotopic (exact) mass is 376 g/mol. The molecule has 1 atom stereocenters. The van der Waals surface area contributed by atoms with Gasteiger partial charge in [-0.05, 0) is 30.5 Å². The van der Waals surface area contributed by atoms with Gasteiger partial charge in [-0.3, -0.25) is 0 Å². The number of fused-ring (bicyclic) bond motifs is 3. The molecular weight excluding hydrogens is 360 g/mol. The van der Waals surface area contributed by atoms with Crippen LogP contribution in [0.5, 0.6) is 11.5 Å². The van der Waals surface area contributed by atoms with Crippen molar-refractivity contribution in [2.75, 3.05) is 7.11 Å². The predicted molar refractivity (Wildman–Crippen MR) is 92.0 cm³/mol. The molecule has 1 heterocycles. The number of hydrogen-bond donors (Lipinski definition) is 4. The third-order valence-corrected chi connectivity index (χ3v) is 4.50. The number of aliphatic hydroxyl groups is 1. The van der Waals surface area contributed by atoms with Crippen molar-refractivity contribution >= 4 is 29.0 Å². The first-order valence-corrected chi connectivity index (χ1v) is 7.99. The van der Waals surface area contributed by atoms with Gasteiger partial charge in [0, 0.05) is 22.9 Å². The number of aliphatic carboxylic acids is 2. The summed E-state index contributed by atoms with van der Waals surface area (Å²) in [6, 6.07) is 1.40. The second kappa shape index (κ2) is 6.76. The highest BCUT2D eigenvalue weighted by Crippen LogP contribution is 2.41. The van der Waals surface area contributed by atoms with Gasteiger partial charge in [-0.15, -0.1) is 0 Å². The molecule has 0 radical (unpaired) electrons. The molecule has 9 heteroatoms. The van der Waals surface area contributed by atoms with Crippen LogP contribution in [0.4, 0.5) is 0 Å². The summed E-state index contributed by atoms with van der Waals surface area (Å²) in [7, 11) is 1.20. The summed E-state index contributed by atoms with van der Waals surface area (Å²) < 4.78 is 10.2. The molecule has 2 aromatic rings. The Hall–Kier alpha value is -3.33. The zero-order valence-electron chi connectivity index (χ0n) is 14.2. The Morgan fingerprint density at radius 2 is 1.93 bits per heavy atom. The standard InChI is InChI=1S/C18H16O9/c1-26-14-7(5-12(16(21)22)17(23)24)4-10-9-3-2-8(19)6-11(9)18(25)27-15(10)13(14)20/h4-5,8,19-20H,2-3,6H2,1H3,(H,21,22)(H,23,24). The molecule has 4 N–H and O–H groups in total. The lowest BCUT2D eigenvalue weighted by Gasteiger charge is -2.21. The van der Waals surface area contributed by atoms with Gasteiger partial charge in [0.15, 0.2) is 11.3 Å². The Morgan fingerprint density at radius 3 is 2.52 bits per heavy atom. The van der Waals surface area contributed by atoms with Gasteiger partial charge in [0.05, 0.1) is 13.2 Å². The van der Waals surface area contributed by atoms with E-state index in [9.17, 15) is 24.6 Å². The molecule has 1 unspecified atom stereocenters. The van der Waals surface area contributed by atoms with E-state index in [1.54, 1.807) is 0 Å². The number of methoxy groups -OCH3 is 1. The third kappa shape index (κ3) is 3.13. The maximum atomic E-state index is 12.2. The zero-order chi connectivity index (χ0) is 19.9. The van der Waals surface area contributed by atoms with E-state index in [-0.39, 0.29) is 28.9 Å².